The predicted molar refractivity (Wildman–Crippen MR) is 153 cm³/mol. The molecule has 1 amide bonds. The molecule has 5 rings (SSSR count). The molecule has 1 aromatic rings. The summed E-state index contributed by atoms with van der Waals surface area (Å²) in [5, 5.41) is 21.9. The molecular formula is C33H43NO8. The Hall–Kier alpha value is -3.36. The van der Waals surface area contributed by atoms with Gasteiger partial charge >= 0.3 is 11.9 Å². The van der Waals surface area contributed by atoms with Gasteiger partial charge in [0.1, 0.15) is 12.1 Å². The molecule has 0 spiro atoms. The van der Waals surface area contributed by atoms with E-state index in [0.717, 1.165) is 44.9 Å². The highest BCUT2D eigenvalue weighted by atomic mass is 16.5. The number of esters is 2. The number of allylic oxidation sites excluding steroid dienone is 1. The fourth-order valence-corrected chi connectivity index (χ4v) is 8.67. The lowest BCUT2D eigenvalue weighted by molar-refractivity contribution is -0.160. The molecule has 0 saturated heterocycles. The fraction of sp³-hybridized carbons (Fsp3) is 0.636. The zero-order valence-corrected chi connectivity index (χ0v) is 24.8. The lowest BCUT2D eigenvalue weighted by Gasteiger charge is -2.57. The first-order valence-electron chi connectivity index (χ1n) is 15.3. The van der Waals surface area contributed by atoms with Crippen molar-refractivity contribution in [1.82, 2.24) is 5.32 Å². The van der Waals surface area contributed by atoms with E-state index in [1.807, 2.05) is 6.08 Å². The van der Waals surface area contributed by atoms with Gasteiger partial charge in [-0.1, -0.05) is 25.5 Å². The van der Waals surface area contributed by atoms with Crippen LogP contribution in [0.5, 0.6) is 11.5 Å². The van der Waals surface area contributed by atoms with Crippen molar-refractivity contribution < 1.29 is 38.9 Å². The van der Waals surface area contributed by atoms with Crippen molar-refractivity contribution in [2.24, 2.45) is 28.6 Å². The van der Waals surface area contributed by atoms with Crippen molar-refractivity contribution in [2.75, 3.05) is 7.11 Å². The summed E-state index contributed by atoms with van der Waals surface area (Å²) in [6.07, 6.45) is 9.13. The van der Waals surface area contributed by atoms with Crippen LogP contribution in [0.3, 0.4) is 0 Å². The Kier molecular flexibility index (Phi) is 8.41. The van der Waals surface area contributed by atoms with E-state index in [1.165, 1.54) is 30.9 Å². The van der Waals surface area contributed by atoms with Crippen LogP contribution in [0.1, 0.15) is 83.6 Å². The normalized spacial score (nSPS) is 32.5. The standard InChI is InChI=1S/C33H43NO8/c1-32-14-12-21(35)18-20(32)5-6-22-23-7-9-28(33(23,2)15-13-24(22)32)42-30(39)11-10-29(38)34-25(31(40)41-3)16-19-4-8-26(36)27(37)17-19/h4,8,17-18,22-25,28,36-37H,5-7,9-16H2,1-3H3,(H,34,38)/t22-,23-,24-,25+,28-,32-,33-/m0/s1. The van der Waals surface area contributed by atoms with Crippen LogP contribution in [0.25, 0.3) is 0 Å². The summed E-state index contributed by atoms with van der Waals surface area (Å²) >= 11 is 0. The molecule has 0 aromatic heterocycles. The molecule has 0 bridgehead atoms. The van der Waals surface area contributed by atoms with E-state index in [9.17, 15) is 29.4 Å². The van der Waals surface area contributed by atoms with Gasteiger partial charge < -0.3 is 25.0 Å². The van der Waals surface area contributed by atoms with Crippen LogP contribution in [0.15, 0.2) is 29.8 Å². The van der Waals surface area contributed by atoms with Gasteiger partial charge in [-0.15, -0.1) is 0 Å². The maximum absolute atomic E-state index is 12.9. The van der Waals surface area contributed by atoms with Crippen molar-refractivity contribution in [1.29, 1.82) is 0 Å². The number of nitrogens with one attached hydrogen (secondary N) is 1. The number of fused-ring (bicyclic) bond motifs is 5. The first-order valence-corrected chi connectivity index (χ1v) is 15.3. The number of phenols is 2. The molecule has 3 N–H and O–H groups in total. The second kappa shape index (κ2) is 11.7. The molecule has 7 atom stereocenters. The molecule has 0 unspecified atom stereocenters. The number of methoxy groups -OCH3 is 1. The van der Waals surface area contributed by atoms with Gasteiger partial charge in [-0.05, 0) is 91.9 Å². The lowest BCUT2D eigenvalue weighted by Crippen LogP contribution is -2.51. The fourth-order valence-electron chi connectivity index (χ4n) is 8.67. The van der Waals surface area contributed by atoms with Crippen LogP contribution in [0, 0.1) is 28.6 Å². The zero-order chi connectivity index (χ0) is 30.2. The van der Waals surface area contributed by atoms with Gasteiger partial charge in [-0.25, -0.2) is 4.79 Å². The molecule has 9 heteroatoms. The highest BCUT2D eigenvalue weighted by Crippen LogP contribution is 2.65. The second-order valence-corrected chi connectivity index (χ2v) is 13.2. The summed E-state index contributed by atoms with van der Waals surface area (Å²) in [4.78, 5) is 50.0. The van der Waals surface area contributed by atoms with E-state index in [0.29, 0.717) is 29.7 Å². The Morgan fingerprint density at radius 3 is 2.52 bits per heavy atom. The summed E-state index contributed by atoms with van der Waals surface area (Å²) in [5.74, 6) is -0.281. The van der Waals surface area contributed by atoms with Crippen LogP contribution in [0.2, 0.25) is 0 Å². The number of phenolic OH excluding ortho intramolecular Hbond substituents is 2. The van der Waals surface area contributed by atoms with Gasteiger partial charge in [-0.2, -0.15) is 0 Å². The van der Waals surface area contributed by atoms with Gasteiger partial charge in [0.05, 0.1) is 13.5 Å². The summed E-state index contributed by atoms with van der Waals surface area (Å²) in [6.45, 7) is 4.63. The van der Waals surface area contributed by atoms with Crippen molar-refractivity contribution >= 4 is 23.6 Å². The number of carbonyl (C=O) groups excluding carboxylic acids is 4. The highest BCUT2D eigenvalue weighted by Gasteiger charge is 2.60. The molecule has 9 nitrogen and oxygen atoms in total. The first kappa shape index (κ1) is 30.1. The molecule has 0 heterocycles. The van der Waals surface area contributed by atoms with Crippen LogP contribution in [-0.4, -0.2) is 53.1 Å². The average molecular weight is 582 g/mol. The smallest absolute Gasteiger partial charge is 0.328 e. The number of benzene rings is 1. The largest absolute Gasteiger partial charge is 0.504 e. The Bertz CT molecular complexity index is 1290. The van der Waals surface area contributed by atoms with Crippen molar-refractivity contribution in [2.45, 2.75) is 96.6 Å². The topological polar surface area (TPSA) is 139 Å². The monoisotopic (exact) mass is 581 g/mol. The molecule has 0 aliphatic heterocycles. The van der Waals surface area contributed by atoms with Crippen molar-refractivity contribution in [3.05, 3.63) is 35.4 Å². The Morgan fingerprint density at radius 1 is 1.00 bits per heavy atom. The molecule has 3 fully saturated rings. The predicted octanol–water partition coefficient (Wildman–Crippen LogP) is 4.52. The minimum absolute atomic E-state index is 0.0489. The molecule has 42 heavy (non-hydrogen) atoms. The maximum atomic E-state index is 12.9. The van der Waals surface area contributed by atoms with E-state index < -0.39 is 23.9 Å². The second-order valence-electron chi connectivity index (χ2n) is 13.2. The third-order valence-electron chi connectivity index (χ3n) is 11.0. The van der Waals surface area contributed by atoms with E-state index in [4.69, 9.17) is 9.47 Å². The van der Waals surface area contributed by atoms with E-state index in [1.54, 1.807) is 0 Å². The molecular weight excluding hydrogens is 538 g/mol. The van der Waals surface area contributed by atoms with Crippen molar-refractivity contribution in [3.8, 4) is 11.5 Å². The zero-order valence-electron chi connectivity index (χ0n) is 24.8. The van der Waals surface area contributed by atoms with Crippen molar-refractivity contribution in [3.63, 3.8) is 0 Å². The third kappa shape index (κ3) is 5.66. The van der Waals surface area contributed by atoms with Crippen LogP contribution < -0.4 is 5.32 Å². The van der Waals surface area contributed by atoms with E-state index in [-0.39, 0.29) is 53.5 Å². The number of hydrogen-bond donors (Lipinski definition) is 3. The SMILES string of the molecule is COC(=O)[C@@H](Cc1ccc(O)c(O)c1)NC(=O)CCC(=O)O[C@H]1CC[C@H]2[C@@H]3CCC4=CC(=O)CC[C@]4(C)[C@H]3CC[C@]12C. The van der Waals surface area contributed by atoms with Crippen LogP contribution >= 0.6 is 0 Å². The summed E-state index contributed by atoms with van der Waals surface area (Å²) in [5.41, 5.74) is 1.88. The number of ether oxygens (including phenoxy) is 2. The van der Waals surface area contributed by atoms with Crippen LogP contribution in [0.4, 0.5) is 0 Å². The van der Waals surface area contributed by atoms with Gasteiger partial charge in [0.15, 0.2) is 17.3 Å². The summed E-state index contributed by atoms with van der Waals surface area (Å²) in [7, 11) is 1.22. The molecule has 4 aliphatic carbocycles. The lowest BCUT2D eigenvalue weighted by atomic mass is 9.47. The first-order chi connectivity index (χ1) is 19.9. The highest BCUT2D eigenvalue weighted by molar-refractivity contribution is 5.91. The summed E-state index contributed by atoms with van der Waals surface area (Å²) < 4.78 is 10.9. The molecule has 0 radical (unpaired) electrons. The Morgan fingerprint density at radius 2 is 1.79 bits per heavy atom. The summed E-state index contributed by atoms with van der Waals surface area (Å²) in [6, 6.07) is 3.15. The number of ketones is 1. The number of hydrogen-bond acceptors (Lipinski definition) is 8. The molecule has 4 aliphatic rings. The number of carbonyl (C=O) groups is 4. The van der Waals surface area contributed by atoms with Crippen LogP contribution in [-0.2, 0) is 35.1 Å². The van der Waals surface area contributed by atoms with Gasteiger partial charge in [0.2, 0.25) is 5.91 Å². The number of rotatable bonds is 8. The average Bonchev–Trinajstić information content (AvgIpc) is 3.29. The minimum atomic E-state index is -1.01. The van der Waals surface area contributed by atoms with Gasteiger partial charge in [0, 0.05) is 24.7 Å². The minimum Gasteiger partial charge on any atom is -0.504 e. The maximum Gasteiger partial charge on any atom is 0.328 e. The third-order valence-corrected chi connectivity index (χ3v) is 11.0. The molecule has 3 saturated carbocycles. The number of aromatic hydroxyl groups is 2. The van der Waals surface area contributed by atoms with E-state index >= 15 is 0 Å². The number of amides is 1. The van der Waals surface area contributed by atoms with E-state index in [2.05, 4.69) is 19.2 Å². The quantitative estimate of drug-likeness (QED) is 0.301. The molecule has 1 aromatic carbocycles. The Balaban J connectivity index is 1.15. The van der Waals surface area contributed by atoms with Gasteiger partial charge in [-0.3, -0.25) is 14.4 Å². The van der Waals surface area contributed by atoms with Gasteiger partial charge in [0.25, 0.3) is 0 Å². The molecule has 228 valence electrons. The Labute approximate surface area is 247 Å².